The van der Waals surface area contributed by atoms with E-state index in [2.05, 4.69) is 31.4 Å². The van der Waals surface area contributed by atoms with Gasteiger partial charge in [-0.15, -0.1) is 5.10 Å². The Balaban J connectivity index is 1.66. The van der Waals surface area contributed by atoms with Crippen LogP contribution in [-0.4, -0.2) is 34.2 Å². The van der Waals surface area contributed by atoms with Crippen molar-refractivity contribution in [3.63, 3.8) is 0 Å². The predicted octanol–water partition coefficient (Wildman–Crippen LogP) is 3.56. The van der Waals surface area contributed by atoms with E-state index in [9.17, 15) is 4.79 Å². The van der Waals surface area contributed by atoms with Gasteiger partial charge in [0.15, 0.2) is 0 Å². The molecule has 1 aliphatic rings. The summed E-state index contributed by atoms with van der Waals surface area (Å²) in [7, 11) is 0. The number of para-hydroxylation sites is 1. The highest BCUT2D eigenvalue weighted by atomic mass is 79.9. The molecule has 2 aromatic rings. The molecule has 5 nitrogen and oxygen atoms in total. The quantitative estimate of drug-likeness (QED) is 0.892. The Morgan fingerprint density at radius 2 is 2.05 bits per heavy atom. The fourth-order valence-electron chi connectivity index (χ4n) is 2.33. The van der Waals surface area contributed by atoms with Crippen molar-refractivity contribution in [2.75, 3.05) is 18.4 Å². The topological polar surface area (TPSA) is 58.1 Å². The molecular weight excluding hydrogens is 344 g/mol. The Bertz CT molecular complexity index is 702. The maximum absolute atomic E-state index is 12.2. The minimum absolute atomic E-state index is 0.0836. The summed E-state index contributed by atoms with van der Waals surface area (Å²) in [6.07, 6.45) is 4.44. The van der Waals surface area contributed by atoms with Crippen LogP contribution < -0.4 is 5.32 Å². The number of hydrogen-bond donors (Lipinski definition) is 1. The molecule has 1 aromatic carbocycles. The first-order valence-electron chi connectivity index (χ1n) is 7.01. The van der Waals surface area contributed by atoms with Gasteiger partial charge in [-0.1, -0.05) is 24.3 Å². The summed E-state index contributed by atoms with van der Waals surface area (Å²) >= 11 is 3.48. The molecule has 0 unspecified atom stereocenters. The third-order valence-electron chi connectivity index (χ3n) is 3.50. The number of nitrogens with zero attached hydrogens (tertiary/aromatic N) is 3. The first kappa shape index (κ1) is 14.7. The second kappa shape index (κ2) is 6.70. The molecule has 0 atom stereocenters. The predicted molar refractivity (Wildman–Crippen MR) is 89.4 cm³/mol. The number of urea groups is 1. The standard InChI is InChI=1S/C16H15BrN4O/c17-14-6-9-18-20-15(14)12-7-10-21(11-8-12)16(22)19-13-4-2-1-3-5-13/h1-7,9H,8,10-11H2,(H,19,22). The molecule has 0 bridgehead atoms. The molecular formula is C16H15BrN4O. The first-order valence-corrected chi connectivity index (χ1v) is 7.81. The van der Waals surface area contributed by atoms with E-state index in [1.807, 2.05) is 42.5 Å². The van der Waals surface area contributed by atoms with E-state index in [1.54, 1.807) is 11.1 Å². The van der Waals surface area contributed by atoms with Gasteiger partial charge in [-0.2, -0.15) is 5.10 Å². The molecule has 0 radical (unpaired) electrons. The van der Waals surface area contributed by atoms with Gasteiger partial charge in [0.25, 0.3) is 0 Å². The molecule has 0 spiro atoms. The summed E-state index contributed by atoms with van der Waals surface area (Å²) in [5.74, 6) is 0. The molecule has 112 valence electrons. The number of hydrogen-bond acceptors (Lipinski definition) is 3. The van der Waals surface area contributed by atoms with Gasteiger partial charge >= 0.3 is 6.03 Å². The molecule has 0 saturated heterocycles. The van der Waals surface area contributed by atoms with Crippen LogP contribution >= 0.6 is 15.9 Å². The van der Waals surface area contributed by atoms with Crippen LogP contribution in [0.4, 0.5) is 10.5 Å². The van der Waals surface area contributed by atoms with Crippen molar-refractivity contribution >= 4 is 33.2 Å². The summed E-state index contributed by atoms with van der Waals surface area (Å²) in [6.45, 7) is 1.23. The number of anilines is 1. The zero-order valence-electron chi connectivity index (χ0n) is 11.9. The van der Waals surface area contributed by atoms with Crippen molar-refractivity contribution in [3.05, 3.63) is 58.8 Å². The van der Waals surface area contributed by atoms with Crippen molar-refractivity contribution in [2.24, 2.45) is 0 Å². The average molecular weight is 359 g/mol. The van der Waals surface area contributed by atoms with E-state index < -0.39 is 0 Å². The van der Waals surface area contributed by atoms with Crippen LogP contribution in [0.25, 0.3) is 5.57 Å². The van der Waals surface area contributed by atoms with E-state index in [-0.39, 0.29) is 6.03 Å². The average Bonchev–Trinajstić information content (AvgIpc) is 2.56. The first-order chi connectivity index (χ1) is 10.7. The number of halogens is 1. The van der Waals surface area contributed by atoms with Gasteiger partial charge in [-0.05, 0) is 46.1 Å². The van der Waals surface area contributed by atoms with E-state index in [1.165, 1.54) is 0 Å². The highest BCUT2D eigenvalue weighted by Crippen LogP contribution is 2.26. The molecule has 2 amide bonds. The van der Waals surface area contributed by atoms with Crippen LogP contribution in [0.15, 0.2) is 53.1 Å². The van der Waals surface area contributed by atoms with Crippen LogP contribution in [0.3, 0.4) is 0 Å². The maximum Gasteiger partial charge on any atom is 0.322 e. The second-order valence-electron chi connectivity index (χ2n) is 4.95. The molecule has 0 aliphatic carbocycles. The van der Waals surface area contributed by atoms with Crippen LogP contribution in [0, 0.1) is 0 Å². The monoisotopic (exact) mass is 358 g/mol. The van der Waals surface area contributed by atoms with E-state index in [4.69, 9.17) is 0 Å². The van der Waals surface area contributed by atoms with E-state index >= 15 is 0 Å². The van der Waals surface area contributed by atoms with Crippen molar-refractivity contribution in [3.8, 4) is 0 Å². The summed E-state index contributed by atoms with van der Waals surface area (Å²) in [4.78, 5) is 14.0. The fraction of sp³-hybridized carbons (Fsp3) is 0.188. The smallest absolute Gasteiger partial charge is 0.320 e. The Morgan fingerprint density at radius 3 is 2.73 bits per heavy atom. The summed E-state index contributed by atoms with van der Waals surface area (Å²) in [6, 6.07) is 11.3. The summed E-state index contributed by atoms with van der Waals surface area (Å²) in [5, 5.41) is 11.0. The summed E-state index contributed by atoms with van der Waals surface area (Å²) < 4.78 is 0.927. The molecule has 1 aliphatic heterocycles. The molecule has 0 fully saturated rings. The number of nitrogens with one attached hydrogen (secondary N) is 1. The molecule has 6 heteroatoms. The number of carbonyl (C=O) groups excluding carboxylic acids is 1. The van der Waals surface area contributed by atoms with Crippen LogP contribution in [0.1, 0.15) is 12.1 Å². The molecule has 1 aromatic heterocycles. The molecule has 3 rings (SSSR count). The molecule has 2 heterocycles. The highest BCUT2D eigenvalue weighted by Gasteiger charge is 2.19. The Kier molecular flexibility index (Phi) is 4.48. The van der Waals surface area contributed by atoms with Gasteiger partial charge in [0.2, 0.25) is 0 Å². The molecule has 0 saturated carbocycles. The lowest BCUT2D eigenvalue weighted by Crippen LogP contribution is -2.37. The zero-order valence-corrected chi connectivity index (χ0v) is 13.5. The van der Waals surface area contributed by atoms with Crippen molar-refractivity contribution in [1.82, 2.24) is 15.1 Å². The number of aromatic nitrogens is 2. The van der Waals surface area contributed by atoms with Gasteiger partial charge in [-0.3, -0.25) is 0 Å². The fourth-order valence-corrected chi connectivity index (χ4v) is 2.78. The molecule has 22 heavy (non-hydrogen) atoms. The number of rotatable bonds is 2. The van der Waals surface area contributed by atoms with Crippen LogP contribution in [0.5, 0.6) is 0 Å². The van der Waals surface area contributed by atoms with Gasteiger partial charge in [0.05, 0.1) is 6.20 Å². The largest absolute Gasteiger partial charge is 0.322 e. The maximum atomic E-state index is 12.2. The van der Waals surface area contributed by atoms with Gasteiger partial charge in [-0.25, -0.2) is 4.79 Å². The lowest BCUT2D eigenvalue weighted by Gasteiger charge is -2.26. The minimum atomic E-state index is -0.0836. The van der Waals surface area contributed by atoms with Gasteiger partial charge in [0, 0.05) is 23.2 Å². The zero-order chi connectivity index (χ0) is 15.4. The molecule has 1 N–H and O–H groups in total. The second-order valence-corrected chi connectivity index (χ2v) is 5.80. The van der Waals surface area contributed by atoms with Crippen molar-refractivity contribution < 1.29 is 4.79 Å². The van der Waals surface area contributed by atoms with E-state index in [0.29, 0.717) is 13.1 Å². The van der Waals surface area contributed by atoms with Gasteiger partial charge in [0.1, 0.15) is 5.69 Å². The van der Waals surface area contributed by atoms with E-state index in [0.717, 1.165) is 27.8 Å². The minimum Gasteiger partial charge on any atom is -0.320 e. The Labute approximate surface area is 137 Å². The van der Waals surface area contributed by atoms with Gasteiger partial charge < -0.3 is 10.2 Å². The third kappa shape index (κ3) is 3.33. The van der Waals surface area contributed by atoms with Crippen molar-refractivity contribution in [2.45, 2.75) is 6.42 Å². The number of amides is 2. The summed E-state index contributed by atoms with van der Waals surface area (Å²) in [5.41, 5.74) is 2.77. The highest BCUT2D eigenvalue weighted by molar-refractivity contribution is 9.10. The number of benzene rings is 1. The van der Waals surface area contributed by atoms with Crippen molar-refractivity contribution in [1.29, 1.82) is 0 Å². The Hall–Kier alpha value is -2.21. The van der Waals surface area contributed by atoms with Crippen LogP contribution in [0.2, 0.25) is 0 Å². The number of carbonyl (C=O) groups is 1. The Morgan fingerprint density at radius 1 is 1.23 bits per heavy atom. The lowest BCUT2D eigenvalue weighted by atomic mass is 10.0. The third-order valence-corrected chi connectivity index (χ3v) is 4.14. The lowest BCUT2D eigenvalue weighted by molar-refractivity contribution is 0.217. The normalized spacial score (nSPS) is 14.4. The SMILES string of the molecule is O=C(Nc1ccccc1)N1CC=C(c2nnccc2Br)CC1. The van der Waals surface area contributed by atoms with Crippen LogP contribution in [-0.2, 0) is 0 Å².